The van der Waals surface area contributed by atoms with Crippen molar-refractivity contribution in [2.24, 2.45) is 5.16 Å². The molecular weight excluding hydrogens is 322 g/mol. The van der Waals surface area contributed by atoms with Crippen molar-refractivity contribution in [2.45, 2.75) is 0 Å². The van der Waals surface area contributed by atoms with Crippen molar-refractivity contribution in [3.05, 3.63) is 59.2 Å². The highest BCUT2D eigenvalue weighted by atomic mass is 16.7. The molecule has 0 spiro atoms. The zero-order chi connectivity index (χ0) is 17.8. The topological polar surface area (TPSA) is 66.4 Å². The second-order valence-corrected chi connectivity index (χ2v) is 5.19. The number of rotatable bonds is 5. The molecule has 1 aliphatic rings. The monoisotopic (exact) mass is 339 g/mol. The van der Waals surface area contributed by atoms with Crippen molar-refractivity contribution in [3.63, 3.8) is 0 Å². The van der Waals surface area contributed by atoms with E-state index in [9.17, 15) is 4.79 Å². The minimum atomic E-state index is -0.529. The third kappa shape index (κ3) is 3.19. The maximum absolute atomic E-state index is 12.2. The molecule has 2 aromatic carbocycles. The van der Waals surface area contributed by atoms with Crippen molar-refractivity contribution < 1.29 is 23.8 Å². The Hall–Kier alpha value is -3.28. The molecule has 128 valence electrons. The van der Waals surface area contributed by atoms with Crippen LogP contribution in [0.15, 0.2) is 53.2 Å². The van der Waals surface area contributed by atoms with E-state index in [1.54, 1.807) is 25.3 Å². The molecule has 0 unspecified atom stereocenters. The molecule has 0 radical (unpaired) electrons. The summed E-state index contributed by atoms with van der Waals surface area (Å²) in [6.07, 6.45) is 1.65. The van der Waals surface area contributed by atoms with Gasteiger partial charge in [0.15, 0.2) is 0 Å². The van der Waals surface area contributed by atoms with E-state index in [1.165, 1.54) is 14.2 Å². The number of carbonyl (C=O) groups excluding carboxylic acids is 1. The maximum atomic E-state index is 12.2. The molecule has 0 atom stereocenters. The van der Waals surface area contributed by atoms with E-state index < -0.39 is 5.97 Å². The number of carbonyl (C=O) groups is 1. The highest BCUT2D eigenvalue weighted by Crippen LogP contribution is 2.36. The van der Waals surface area contributed by atoms with Gasteiger partial charge in [0.1, 0.15) is 23.0 Å². The Balaban J connectivity index is 2.13. The van der Waals surface area contributed by atoms with Crippen LogP contribution in [0.1, 0.15) is 11.1 Å². The molecule has 1 aliphatic heterocycles. The first kappa shape index (κ1) is 16.6. The van der Waals surface area contributed by atoms with Crippen LogP contribution >= 0.6 is 0 Å². The SMILES string of the molecule is COc1cc(OC)c(/C=C2/C(=O)ON=C2c2ccccc2)c(OC)c1. The Bertz CT molecular complexity index is 830. The van der Waals surface area contributed by atoms with E-state index in [0.717, 1.165) is 5.56 Å². The summed E-state index contributed by atoms with van der Waals surface area (Å²) in [5.74, 6) is 1.08. The number of ether oxygens (including phenoxy) is 3. The van der Waals surface area contributed by atoms with Gasteiger partial charge in [-0.25, -0.2) is 4.79 Å². The summed E-state index contributed by atoms with van der Waals surface area (Å²) in [5, 5.41) is 3.90. The summed E-state index contributed by atoms with van der Waals surface area (Å²) in [7, 11) is 4.63. The summed E-state index contributed by atoms with van der Waals surface area (Å²) >= 11 is 0. The van der Waals surface area contributed by atoms with Gasteiger partial charge in [0.2, 0.25) is 0 Å². The number of hydrogen-bond donors (Lipinski definition) is 0. The normalized spacial score (nSPS) is 14.9. The van der Waals surface area contributed by atoms with Crippen LogP contribution in [-0.2, 0) is 9.63 Å². The van der Waals surface area contributed by atoms with Gasteiger partial charge in [-0.1, -0.05) is 35.5 Å². The van der Waals surface area contributed by atoms with Gasteiger partial charge in [-0.3, -0.25) is 0 Å². The summed E-state index contributed by atoms with van der Waals surface area (Å²) in [6, 6.07) is 12.8. The van der Waals surface area contributed by atoms with Gasteiger partial charge in [-0.05, 0) is 6.08 Å². The van der Waals surface area contributed by atoms with Crippen molar-refractivity contribution >= 4 is 17.8 Å². The quantitative estimate of drug-likeness (QED) is 0.619. The van der Waals surface area contributed by atoms with Crippen molar-refractivity contribution in [3.8, 4) is 17.2 Å². The molecule has 6 nitrogen and oxygen atoms in total. The highest BCUT2D eigenvalue weighted by Gasteiger charge is 2.28. The van der Waals surface area contributed by atoms with Crippen LogP contribution < -0.4 is 14.2 Å². The lowest BCUT2D eigenvalue weighted by atomic mass is 10.00. The Morgan fingerprint density at radius 1 is 0.960 bits per heavy atom. The molecule has 2 aromatic rings. The molecule has 0 bridgehead atoms. The molecule has 25 heavy (non-hydrogen) atoms. The third-order valence-corrected chi connectivity index (χ3v) is 3.78. The second kappa shape index (κ2) is 7.09. The van der Waals surface area contributed by atoms with Crippen molar-refractivity contribution in [2.75, 3.05) is 21.3 Å². The van der Waals surface area contributed by atoms with E-state index in [4.69, 9.17) is 19.0 Å². The fourth-order valence-electron chi connectivity index (χ4n) is 2.53. The number of methoxy groups -OCH3 is 3. The Kier molecular flexibility index (Phi) is 4.70. The molecule has 0 amide bonds. The fraction of sp³-hybridized carbons (Fsp3) is 0.158. The molecule has 0 saturated heterocycles. The van der Waals surface area contributed by atoms with E-state index >= 15 is 0 Å². The van der Waals surface area contributed by atoms with Gasteiger partial charge in [0, 0.05) is 17.7 Å². The maximum Gasteiger partial charge on any atom is 0.368 e. The smallest absolute Gasteiger partial charge is 0.368 e. The van der Waals surface area contributed by atoms with E-state index in [1.807, 2.05) is 30.3 Å². The molecule has 0 aliphatic carbocycles. The largest absolute Gasteiger partial charge is 0.496 e. The number of hydrogen-bond acceptors (Lipinski definition) is 6. The van der Waals surface area contributed by atoms with Crippen molar-refractivity contribution in [1.82, 2.24) is 0 Å². The number of oxime groups is 1. The van der Waals surface area contributed by atoms with Gasteiger partial charge >= 0.3 is 5.97 Å². The summed E-state index contributed by atoms with van der Waals surface area (Å²) in [6.45, 7) is 0. The van der Waals surface area contributed by atoms with Crippen LogP contribution in [0.25, 0.3) is 6.08 Å². The van der Waals surface area contributed by atoms with Crippen LogP contribution in [-0.4, -0.2) is 33.0 Å². The molecule has 0 aromatic heterocycles. The van der Waals surface area contributed by atoms with E-state index in [0.29, 0.717) is 34.1 Å². The Labute approximate surface area is 145 Å². The first-order valence-electron chi connectivity index (χ1n) is 7.54. The average Bonchev–Trinajstić information content (AvgIpc) is 3.03. The number of benzene rings is 2. The molecule has 3 rings (SSSR count). The lowest BCUT2D eigenvalue weighted by Gasteiger charge is -2.13. The lowest BCUT2D eigenvalue weighted by molar-refractivity contribution is -0.136. The standard InChI is InChI=1S/C19H17NO5/c1-22-13-9-16(23-2)14(17(10-13)24-3)11-15-18(20-25-19(15)21)12-7-5-4-6-8-12/h4-11H,1-3H3/b15-11+. The molecule has 0 fully saturated rings. The second-order valence-electron chi connectivity index (χ2n) is 5.19. The molecule has 6 heteroatoms. The molecule has 1 heterocycles. The van der Waals surface area contributed by atoms with E-state index in [-0.39, 0.29) is 0 Å². The fourth-order valence-corrected chi connectivity index (χ4v) is 2.53. The highest BCUT2D eigenvalue weighted by molar-refractivity contribution is 6.31. The molecule has 0 N–H and O–H groups in total. The first-order chi connectivity index (χ1) is 12.2. The molecule has 0 saturated carbocycles. The Morgan fingerprint density at radius 2 is 1.60 bits per heavy atom. The van der Waals surface area contributed by atoms with Gasteiger partial charge in [-0.2, -0.15) is 0 Å². The predicted octanol–water partition coefficient (Wildman–Crippen LogP) is 3.06. The van der Waals surface area contributed by atoms with Crippen LogP contribution in [0, 0.1) is 0 Å². The van der Waals surface area contributed by atoms with Crippen LogP contribution in [0.5, 0.6) is 17.2 Å². The molecular formula is C19H17NO5. The van der Waals surface area contributed by atoms with Gasteiger partial charge in [-0.15, -0.1) is 0 Å². The zero-order valence-corrected chi connectivity index (χ0v) is 14.1. The third-order valence-electron chi connectivity index (χ3n) is 3.78. The van der Waals surface area contributed by atoms with Crippen LogP contribution in [0.3, 0.4) is 0 Å². The minimum absolute atomic E-state index is 0.327. The first-order valence-corrected chi connectivity index (χ1v) is 7.54. The Morgan fingerprint density at radius 3 is 2.16 bits per heavy atom. The summed E-state index contributed by atoms with van der Waals surface area (Å²) in [4.78, 5) is 17.0. The average molecular weight is 339 g/mol. The lowest BCUT2D eigenvalue weighted by Crippen LogP contribution is -2.07. The van der Waals surface area contributed by atoms with E-state index in [2.05, 4.69) is 5.16 Å². The number of nitrogens with zero attached hydrogens (tertiary/aromatic N) is 1. The van der Waals surface area contributed by atoms with Gasteiger partial charge < -0.3 is 19.0 Å². The van der Waals surface area contributed by atoms with Crippen molar-refractivity contribution in [1.29, 1.82) is 0 Å². The van der Waals surface area contributed by atoms with Crippen LogP contribution in [0.4, 0.5) is 0 Å². The van der Waals surface area contributed by atoms with Crippen LogP contribution in [0.2, 0.25) is 0 Å². The zero-order valence-electron chi connectivity index (χ0n) is 14.1. The predicted molar refractivity (Wildman–Crippen MR) is 93.1 cm³/mol. The summed E-state index contributed by atoms with van der Waals surface area (Å²) < 4.78 is 16.1. The van der Waals surface area contributed by atoms with Gasteiger partial charge in [0.25, 0.3) is 0 Å². The van der Waals surface area contributed by atoms with Gasteiger partial charge in [0.05, 0.1) is 32.5 Å². The summed E-state index contributed by atoms with van der Waals surface area (Å²) in [5.41, 5.74) is 2.17. The minimum Gasteiger partial charge on any atom is -0.496 e.